The van der Waals surface area contributed by atoms with Crippen LogP contribution in [0.15, 0.2) is 36.1 Å². The highest BCUT2D eigenvalue weighted by molar-refractivity contribution is 6.05. The maximum absolute atomic E-state index is 12.9. The molecule has 11 nitrogen and oxygen atoms in total. The van der Waals surface area contributed by atoms with Gasteiger partial charge in [-0.2, -0.15) is 0 Å². The van der Waals surface area contributed by atoms with Crippen LogP contribution in [0.2, 0.25) is 0 Å². The number of unbranched alkanes of at least 4 members (excludes halogenated alkanes) is 12. The average Bonchev–Trinajstić information content (AvgIpc) is 3.74. The van der Waals surface area contributed by atoms with Crippen molar-refractivity contribution in [1.29, 1.82) is 0 Å². The van der Waals surface area contributed by atoms with Crippen molar-refractivity contribution in [3.05, 3.63) is 36.1 Å². The number of methoxy groups -OCH3 is 1. The summed E-state index contributed by atoms with van der Waals surface area (Å²) in [5.74, 6) is 7.29. The standard InChI is InChI=1S/C26H38N2O4.C26H40N2O3/c1-5-7-9-11-13-18-24(29)27-19-15-14-17-22-23(32-4)20-25(30)28(22)26(31)21(3)16-12-10-8-6-2;1-5-7-9-11-13-18-24(29)27-19-15-14-17-23-22(4)20-25(30)28(23)26(31)21(3)16-12-10-8-6-2/h1-2,20-22H,7-19H2,3-4H3,(H,27,29);2,5,20-21,23H,1,7-19H2,3-4H3,(H,27,29)/t21-,22+;21-,23+/m11/s1. The van der Waals surface area contributed by atoms with Gasteiger partial charge in [0.15, 0.2) is 0 Å². The number of terminal acetylenes is 3. The Morgan fingerprint density at radius 3 is 1.59 bits per heavy atom. The van der Waals surface area contributed by atoms with Crippen molar-refractivity contribution in [3.8, 4) is 37.0 Å². The number of amides is 6. The second kappa shape index (κ2) is 34.4. The van der Waals surface area contributed by atoms with Gasteiger partial charge in [-0.1, -0.05) is 45.6 Å². The summed E-state index contributed by atoms with van der Waals surface area (Å²) in [6.07, 6.45) is 40.3. The average molecular weight is 871 g/mol. The fourth-order valence-corrected chi connectivity index (χ4v) is 7.71. The molecule has 2 rings (SSSR count). The van der Waals surface area contributed by atoms with Crippen LogP contribution in [0.1, 0.15) is 175 Å². The van der Waals surface area contributed by atoms with E-state index >= 15 is 0 Å². The SMILES string of the molecule is C#CCCCCCC(=O)NCCCC[C@H]1C(OC)=CC(=O)N1C(=O)[C@H](C)CCCCC#C.C#CCCCC[C@@H](C)C(=O)N1C(=O)C=C(C)[C@@H]1CCCCNC(=O)CCCCCC=C. The Balaban J connectivity index is 0.000000630. The van der Waals surface area contributed by atoms with Crippen LogP contribution < -0.4 is 10.6 Å². The molecule has 0 bridgehead atoms. The Bertz CT molecular complexity index is 1640. The van der Waals surface area contributed by atoms with Crippen molar-refractivity contribution in [1.82, 2.24) is 20.4 Å². The first-order valence-electron chi connectivity index (χ1n) is 23.5. The third-order valence-corrected chi connectivity index (χ3v) is 11.5. The number of nitrogens with zero attached hydrogens (tertiary/aromatic N) is 2. The molecule has 0 aromatic heterocycles. The summed E-state index contributed by atoms with van der Waals surface area (Å²) >= 11 is 0. The molecule has 0 saturated carbocycles. The maximum atomic E-state index is 12.9. The molecule has 0 fully saturated rings. The van der Waals surface area contributed by atoms with Gasteiger partial charge in [0.05, 0.1) is 19.2 Å². The van der Waals surface area contributed by atoms with Crippen LogP contribution in [0.25, 0.3) is 0 Å². The third kappa shape index (κ3) is 22.7. The van der Waals surface area contributed by atoms with Gasteiger partial charge in [0.25, 0.3) is 11.8 Å². The lowest BCUT2D eigenvalue weighted by Gasteiger charge is -2.27. The molecule has 4 atom stereocenters. The summed E-state index contributed by atoms with van der Waals surface area (Å²) in [5.41, 5.74) is 0.946. The Morgan fingerprint density at radius 1 is 0.667 bits per heavy atom. The number of hydrogen-bond donors (Lipinski definition) is 2. The van der Waals surface area contributed by atoms with E-state index < -0.39 is 0 Å². The van der Waals surface area contributed by atoms with Crippen LogP contribution in [0.4, 0.5) is 0 Å². The lowest BCUT2D eigenvalue weighted by molar-refractivity contribution is -0.147. The molecule has 2 aliphatic heterocycles. The predicted octanol–water partition coefficient (Wildman–Crippen LogP) is 8.88. The normalized spacial score (nSPS) is 16.3. The number of allylic oxidation sites excluding steroid dienone is 1. The molecule has 11 heteroatoms. The van der Waals surface area contributed by atoms with E-state index in [1.165, 1.54) is 23.0 Å². The van der Waals surface area contributed by atoms with Crippen LogP contribution in [0.3, 0.4) is 0 Å². The van der Waals surface area contributed by atoms with E-state index in [1.807, 2.05) is 26.8 Å². The smallest absolute Gasteiger partial charge is 0.257 e. The van der Waals surface area contributed by atoms with E-state index in [4.69, 9.17) is 24.0 Å². The van der Waals surface area contributed by atoms with Crippen LogP contribution in [-0.4, -0.2) is 77.5 Å². The van der Waals surface area contributed by atoms with Crippen LogP contribution in [0.5, 0.6) is 0 Å². The van der Waals surface area contributed by atoms with Gasteiger partial charge in [-0.15, -0.1) is 43.6 Å². The first kappa shape index (κ1) is 55.9. The number of ether oxygens (including phenoxy) is 1. The molecule has 63 heavy (non-hydrogen) atoms. The van der Waals surface area contributed by atoms with Gasteiger partial charge in [0.1, 0.15) is 5.76 Å². The molecule has 0 aromatic rings. The van der Waals surface area contributed by atoms with Gasteiger partial charge in [0.2, 0.25) is 23.6 Å². The number of imide groups is 2. The number of hydrogen-bond acceptors (Lipinski definition) is 7. The van der Waals surface area contributed by atoms with E-state index in [0.29, 0.717) is 51.0 Å². The summed E-state index contributed by atoms with van der Waals surface area (Å²) in [4.78, 5) is 77.3. The van der Waals surface area contributed by atoms with E-state index in [2.05, 4.69) is 35.0 Å². The van der Waals surface area contributed by atoms with Crippen LogP contribution >= 0.6 is 0 Å². The van der Waals surface area contributed by atoms with Gasteiger partial charge in [-0.3, -0.25) is 38.6 Å². The second-order valence-corrected chi connectivity index (χ2v) is 16.8. The minimum absolute atomic E-state index is 0.0506. The first-order chi connectivity index (χ1) is 30.4. The lowest BCUT2D eigenvalue weighted by Crippen LogP contribution is -2.43. The summed E-state index contributed by atoms with van der Waals surface area (Å²) < 4.78 is 5.38. The van der Waals surface area contributed by atoms with Gasteiger partial charge in [-0.05, 0) is 109 Å². The number of carbonyl (C=O) groups excluding carboxylic acids is 6. The molecular weight excluding hydrogens is 793 g/mol. The highest BCUT2D eigenvalue weighted by Gasteiger charge is 2.39. The number of carbonyl (C=O) groups is 6. The second-order valence-electron chi connectivity index (χ2n) is 16.8. The minimum atomic E-state index is -0.375. The van der Waals surface area contributed by atoms with Gasteiger partial charge >= 0.3 is 0 Å². The monoisotopic (exact) mass is 871 g/mol. The lowest BCUT2D eigenvalue weighted by atomic mass is 9.99. The van der Waals surface area contributed by atoms with Crippen LogP contribution in [-0.2, 0) is 33.5 Å². The fraction of sp³-hybridized carbons (Fsp3) is 0.654. The summed E-state index contributed by atoms with van der Waals surface area (Å²) in [6, 6.07) is -0.534. The third-order valence-electron chi connectivity index (χ3n) is 11.5. The largest absolute Gasteiger partial charge is 0.499 e. The molecule has 0 spiro atoms. The Morgan fingerprint density at radius 2 is 1.11 bits per heavy atom. The molecule has 2 aliphatic rings. The maximum Gasteiger partial charge on any atom is 0.257 e. The van der Waals surface area contributed by atoms with Crippen molar-refractivity contribution in [2.75, 3.05) is 20.2 Å². The summed E-state index contributed by atoms with van der Waals surface area (Å²) in [5, 5.41) is 5.90. The van der Waals surface area contributed by atoms with E-state index in [1.54, 1.807) is 6.08 Å². The van der Waals surface area contributed by atoms with Crippen molar-refractivity contribution >= 4 is 35.4 Å². The van der Waals surface area contributed by atoms with Crippen molar-refractivity contribution in [2.24, 2.45) is 11.8 Å². The van der Waals surface area contributed by atoms with E-state index in [-0.39, 0.29) is 59.4 Å². The molecule has 6 amide bonds. The summed E-state index contributed by atoms with van der Waals surface area (Å²) in [7, 11) is 1.52. The molecular formula is C52H78N4O7. The quantitative estimate of drug-likeness (QED) is 0.0391. The molecule has 348 valence electrons. The molecule has 0 radical (unpaired) electrons. The Labute approximate surface area is 380 Å². The van der Waals surface area contributed by atoms with Gasteiger partial charge in [0, 0.05) is 69.2 Å². The van der Waals surface area contributed by atoms with Crippen LogP contribution in [0, 0.1) is 48.9 Å². The molecule has 2 heterocycles. The Kier molecular flexibility index (Phi) is 30.6. The molecule has 0 saturated heterocycles. The highest BCUT2D eigenvalue weighted by atomic mass is 16.5. The van der Waals surface area contributed by atoms with Crippen molar-refractivity contribution < 1.29 is 33.5 Å². The molecule has 0 unspecified atom stereocenters. The van der Waals surface area contributed by atoms with Crippen molar-refractivity contribution in [3.63, 3.8) is 0 Å². The number of nitrogens with one attached hydrogen (secondary N) is 2. The predicted molar refractivity (Wildman–Crippen MR) is 252 cm³/mol. The zero-order valence-corrected chi connectivity index (χ0v) is 39.1. The van der Waals surface area contributed by atoms with E-state index in [0.717, 1.165) is 128 Å². The minimum Gasteiger partial charge on any atom is -0.499 e. The zero-order valence-electron chi connectivity index (χ0n) is 39.1. The molecule has 0 aliphatic carbocycles. The zero-order chi connectivity index (χ0) is 46.8. The summed E-state index contributed by atoms with van der Waals surface area (Å²) in [6.45, 7) is 10.6. The fourth-order valence-electron chi connectivity index (χ4n) is 7.71. The number of rotatable bonds is 32. The molecule has 2 N–H and O–H groups in total. The van der Waals surface area contributed by atoms with Crippen molar-refractivity contribution in [2.45, 2.75) is 187 Å². The van der Waals surface area contributed by atoms with Gasteiger partial charge in [-0.25, -0.2) is 0 Å². The van der Waals surface area contributed by atoms with Gasteiger partial charge < -0.3 is 15.4 Å². The van der Waals surface area contributed by atoms with E-state index in [9.17, 15) is 28.8 Å². The highest BCUT2D eigenvalue weighted by Crippen LogP contribution is 2.29. The molecule has 0 aromatic carbocycles. The first-order valence-corrected chi connectivity index (χ1v) is 23.5. The Hall–Kier alpha value is -5.08. The topological polar surface area (TPSA) is 142 Å².